The van der Waals surface area contributed by atoms with Crippen LogP contribution in [-0.4, -0.2) is 22.1 Å². The highest BCUT2D eigenvalue weighted by Gasteiger charge is 2.16. The molecule has 6 nitrogen and oxygen atoms in total. The lowest BCUT2D eigenvalue weighted by Crippen LogP contribution is -2.25. The Morgan fingerprint density at radius 1 is 1.50 bits per heavy atom. The van der Waals surface area contributed by atoms with Crippen LogP contribution in [0.2, 0.25) is 0 Å². The number of carboxylic acid groups (broad SMARTS) is 1. The molecule has 0 aliphatic heterocycles. The first kappa shape index (κ1) is 12.0. The highest BCUT2D eigenvalue weighted by atomic mass is 16.6. The summed E-state index contributed by atoms with van der Waals surface area (Å²) in [7, 11) is 0. The Bertz CT molecular complexity index is 387. The average Bonchev–Trinajstić information content (AvgIpc) is 2.26. The topological polar surface area (TPSA) is 89.7 Å². The van der Waals surface area contributed by atoms with Gasteiger partial charge < -0.3 is 9.84 Å². The zero-order chi connectivity index (χ0) is 12.1. The second-order valence-corrected chi connectivity index (χ2v) is 3.10. The van der Waals surface area contributed by atoms with Crippen LogP contribution in [0.25, 0.3) is 0 Å². The first-order chi connectivity index (χ1) is 7.54. The van der Waals surface area contributed by atoms with E-state index in [-0.39, 0.29) is 5.69 Å². The van der Waals surface area contributed by atoms with E-state index in [2.05, 4.69) is 0 Å². The molecule has 1 N–H and O–H groups in total. The standard InChI is InChI=1S/C10H11NO5/c1-2-9(10(12)13)16-8-5-3-7(4-6-8)11(14)15/h3-6,9H,2H2,1H3,(H,12,13). The molecule has 1 rings (SSSR count). The van der Waals surface area contributed by atoms with Gasteiger partial charge in [0.25, 0.3) is 5.69 Å². The van der Waals surface area contributed by atoms with Gasteiger partial charge in [-0.3, -0.25) is 10.1 Å². The fourth-order valence-electron chi connectivity index (χ4n) is 1.12. The van der Waals surface area contributed by atoms with Crippen LogP contribution in [0.5, 0.6) is 5.75 Å². The number of benzene rings is 1. The molecule has 0 spiro atoms. The molecule has 0 saturated heterocycles. The zero-order valence-electron chi connectivity index (χ0n) is 8.62. The van der Waals surface area contributed by atoms with E-state index in [4.69, 9.17) is 9.84 Å². The fraction of sp³-hybridized carbons (Fsp3) is 0.300. The minimum Gasteiger partial charge on any atom is -0.479 e. The van der Waals surface area contributed by atoms with Crippen molar-refractivity contribution >= 4 is 11.7 Å². The summed E-state index contributed by atoms with van der Waals surface area (Å²) in [5.74, 6) is -0.749. The third kappa shape index (κ3) is 2.94. The second kappa shape index (κ2) is 5.11. The smallest absolute Gasteiger partial charge is 0.344 e. The maximum Gasteiger partial charge on any atom is 0.344 e. The molecule has 0 saturated carbocycles. The van der Waals surface area contributed by atoms with Gasteiger partial charge in [0.2, 0.25) is 0 Å². The van der Waals surface area contributed by atoms with Crippen LogP contribution in [0.4, 0.5) is 5.69 Å². The first-order valence-corrected chi connectivity index (χ1v) is 4.68. The van der Waals surface area contributed by atoms with Crippen molar-refractivity contribution in [3.8, 4) is 5.75 Å². The summed E-state index contributed by atoms with van der Waals surface area (Å²) in [6.45, 7) is 1.68. The Hall–Kier alpha value is -2.11. The molecule has 0 aromatic heterocycles. The summed E-state index contributed by atoms with van der Waals surface area (Å²) in [6.07, 6.45) is -0.603. The number of rotatable bonds is 5. The highest BCUT2D eigenvalue weighted by Crippen LogP contribution is 2.19. The summed E-state index contributed by atoms with van der Waals surface area (Å²) in [5, 5.41) is 19.1. The monoisotopic (exact) mass is 225 g/mol. The summed E-state index contributed by atoms with van der Waals surface area (Å²) < 4.78 is 5.14. The molecule has 0 amide bonds. The lowest BCUT2D eigenvalue weighted by molar-refractivity contribution is -0.384. The van der Waals surface area contributed by atoms with Gasteiger partial charge in [-0.05, 0) is 18.6 Å². The Morgan fingerprint density at radius 3 is 2.44 bits per heavy atom. The largest absolute Gasteiger partial charge is 0.479 e. The third-order valence-corrected chi connectivity index (χ3v) is 1.97. The molecular weight excluding hydrogens is 214 g/mol. The molecule has 0 heterocycles. The normalized spacial score (nSPS) is 11.8. The number of hydrogen-bond acceptors (Lipinski definition) is 4. The Balaban J connectivity index is 2.75. The van der Waals surface area contributed by atoms with Crippen molar-refractivity contribution in [1.82, 2.24) is 0 Å². The number of nitro groups is 1. The predicted molar refractivity (Wildman–Crippen MR) is 55.4 cm³/mol. The molecule has 1 unspecified atom stereocenters. The lowest BCUT2D eigenvalue weighted by Gasteiger charge is -2.12. The maximum atomic E-state index is 10.7. The zero-order valence-corrected chi connectivity index (χ0v) is 8.62. The summed E-state index contributed by atoms with van der Waals surface area (Å²) in [5.41, 5.74) is -0.0595. The van der Waals surface area contributed by atoms with E-state index >= 15 is 0 Å². The Labute approximate surface area is 91.6 Å². The van der Waals surface area contributed by atoms with E-state index in [1.165, 1.54) is 24.3 Å². The summed E-state index contributed by atoms with van der Waals surface area (Å²) in [6, 6.07) is 5.29. The molecule has 16 heavy (non-hydrogen) atoms. The van der Waals surface area contributed by atoms with Crippen molar-refractivity contribution < 1.29 is 19.6 Å². The van der Waals surface area contributed by atoms with E-state index < -0.39 is 17.0 Å². The molecule has 1 aromatic carbocycles. The minimum atomic E-state index is -1.05. The van der Waals surface area contributed by atoms with Crippen molar-refractivity contribution in [2.24, 2.45) is 0 Å². The van der Waals surface area contributed by atoms with Gasteiger partial charge in [0.15, 0.2) is 6.10 Å². The van der Waals surface area contributed by atoms with E-state index in [0.717, 1.165) is 0 Å². The number of carbonyl (C=O) groups is 1. The number of nitrogens with zero attached hydrogens (tertiary/aromatic N) is 1. The van der Waals surface area contributed by atoms with Crippen molar-refractivity contribution in [1.29, 1.82) is 0 Å². The first-order valence-electron chi connectivity index (χ1n) is 4.68. The number of carboxylic acids is 1. The van der Waals surface area contributed by atoms with Crippen LogP contribution in [0.15, 0.2) is 24.3 Å². The van der Waals surface area contributed by atoms with Gasteiger partial charge in [0.1, 0.15) is 5.75 Å². The van der Waals surface area contributed by atoms with E-state index in [0.29, 0.717) is 12.2 Å². The molecule has 0 aliphatic carbocycles. The number of non-ortho nitro benzene ring substituents is 1. The molecule has 0 radical (unpaired) electrons. The van der Waals surface area contributed by atoms with Crippen LogP contribution in [0.3, 0.4) is 0 Å². The van der Waals surface area contributed by atoms with Crippen molar-refractivity contribution in [2.75, 3.05) is 0 Å². The molecule has 1 aromatic rings. The SMILES string of the molecule is CCC(Oc1ccc([N+](=O)[O-])cc1)C(=O)O. The summed E-state index contributed by atoms with van der Waals surface area (Å²) in [4.78, 5) is 20.5. The van der Waals surface area contributed by atoms with E-state index in [1.54, 1.807) is 6.92 Å². The van der Waals surface area contributed by atoms with Crippen LogP contribution in [0, 0.1) is 10.1 Å². The van der Waals surface area contributed by atoms with Crippen LogP contribution < -0.4 is 4.74 Å². The molecule has 1 atom stereocenters. The molecule has 0 aliphatic rings. The van der Waals surface area contributed by atoms with Crippen molar-refractivity contribution in [3.05, 3.63) is 34.4 Å². The van der Waals surface area contributed by atoms with Gasteiger partial charge in [-0.1, -0.05) is 6.92 Å². The van der Waals surface area contributed by atoms with E-state index in [9.17, 15) is 14.9 Å². The van der Waals surface area contributed by atoms with Gasteiger partial charge in [-0.25, -0.2) is 4.79 Å². The molecular formula is C10H11NO5. The van der Waals surface area contributed by atoms with Crippen molar-refractivity contribution in [3.63, 3.8) is 0 Å². The van der Waals surface area contributed by atoms with Gasteiger partial charge in [0.05, 0.1) is 4.92 Å². The highest BCUT2D eigenvalue weighted by molar-refractivity contribution is 5.72. The average molecular weight is 225 g/mol. The van der Waals surface area contributed by atoms with Crippen LogP contribution in [-0.2, 0) is 4.79 Å². The number of hydrogen-bond donors (Lipinski definition) is 1. The van der Waals surface area contributed by atoms with Gasteiger partial charge in [-0.15, -0.1) is 0 Å². The summed E-state index contributed by atoms with van der Waals surface area (Å²) >= 11 is 0. The van der Waals surface area contributed by atoms with E-state index in [1.807, 2.05) is 0 Å². The minimum absolute atomic E-state index is 0.0595. The predicted octanol–water partition coefficient (Wildman–Crippen LogP) is 1.84. The van der Waals surface area contributed by atoms with Crippen LogP contribution >= 0.6 is 0 Å². The Morgan fingerprint density at radius 2 is 2.06 bits per heavy atom. The van der Waals surface area contributed by atoms with Crippen molar-refractivity contribution in [2.45, 2.75) is 19.4 Å². The van der Waals surface area contributed by atoms with Crippen LogP contribution in [0.1, 0.15) is 13.3 Å². The fourth-order valence-corrected chi connectivity index (χ4v) is 1.12. The van der Waals surface area contributed by atoms with Gasteiger partial charge in [-0.2, -0.15) is 0 Å². The van der Waals surface area contributed by atoms with Gasteiger partial charge >= 0.3 is 5.97 Å². The number of aliphatic carboxylic acids is 1. The molecule has 0 bridgehead atoms. The number of nitro benzene ring substituents is 1. The molecule has 86 valence electrons. The second-order valence-electron chi connectivity index (χ2n) is 3.10. The van der Waals surface area contributed by atoms with Gasteiger partial charge in [0, 0.05) is 12.1 Å². The lowest BCUT2D eigenvalue weighted by atomic mass is 10.2. The quantitative estimate of drug-likeness (QED) is 0.609. The molecule has 0 fully saturated rings. The molecule has 6 heteroatoms. The Kier molecular flexibility index (Phi) is 3.82. The third-order valence-electron chi connectivity index (χ3n) is 1.97. The number of ether oxygens (including phenoxy) is 1. The maximum absolute atomic E-state index is 10.7.